The number of halogens is 3. The minimum atomic E-state index is -4.31. The first-order valence-electron chi connectivity index (χ1n) is 5.70. The minimum Gasteiger partial charge on any atom is -0.496 e. The Balaban J connectivity index is 2.75. The molecule has 1 rings (SSSR count). The zero-order chi connectivity index (χ0) is 14.6. The Morgan fingerprint density at radius 3 is 2.42 bits per heavy atom. The highest BCUT2D eigenvalue weighted by Crippen LogP contribution is 2.22. The highest BCUT2D eigenvalue weighted by Gasteiger charge is 2.26. The Hall–Kier alpha value is -1.56. The molecular weight excluding hydrogens is 259 g/mol. The SMILES string of the molecule is COc1cc(C)c(C(=O)CNCC(F)(F)F)cc1C. The van der Waals surface area contributed by atoms with Crippen LogP contribution in [0.4, 0.5) is 13.2 Å². The van der Waals surface area contributed by atoms with Gasteiger partial charge in [0.05, 0.1) is 20.2 Å². The molecule has 0 aromatic heterocycles. The molecule has 106 valence electrons. The van der Waals surface area contributed by atoms with Gasteiger partial charge in [0, 0.05) is 5.56 Å². The van der Waals surface area contributed by atoms with Gasteiger partial charge >= 0.3 is 6.18 Å². The van der Waals surface area contributed by atoms with Gasteiger partial charge in [-0.15, -0.1) is 0 Å². The summed E-state index contributed by atoms with van der Waals surface area (Å²) in [6.45, 7) is 1.98. The predicted molar refractivity (Wildman–Crippen MR) is 65.7 cm³/mol. The average Bonchev–Trinajstić information content (AvgIpc) is 2.29. The zero-order valence-corrected chi connectivity index (χ0v) is 11.0. The number of nitrogens with one attached hydrogen (secondary N) is 1. The molecule has 0 unspecified atom stereocenters. The fraction of sp³-hybridized carbons (Fsp3) is 0.462. The van der Waals surface area contributed by atoms with E-state index in [1.54, 1.807) is 26.0 Å². The molecule has 0 bridgehead atoms. The van der Waals surface area contributed by atoms with Crippen LogP contribution < -0.4 is 10.1 Å². The summed E-state index contributed by atoms with van der Waals surface area (Å²) in [6.07, 6.45) is -4.31. The number of ether oxygens (including phenoxy) is 1. The first-order valence-corrected chi connectivity index (χ1v) is 5.70. The Kier molecular flexibility index (Phi) is 4.94. The monoisotopic (exact) mass is 275 g/mol. The molecule has 6 heteroatoms. The summed E-state index contributed by atoms with van der Waals surface area (Å²) >= 11 is 0. The third kappa shape index (κ3) is 4.55. The van der Waals surface area contributed by atoms with E-state index in [4.69, 9.17) is 4.74 Å². The van der Waals surface area contributed by atoms with Crippen molar-refractivity contribution in [3.05, 3.63) is 28.8 Å². The highest BCUT2D eigenvalue weighted by molar-refractivity contribution is 5.99. The van der Waals surface area contributed by atoms with Crippen LogP contribution in [0.5, 0.6) is 5.75 Å². The van der Waals surface area contributed by atoms with Gasteiger partial charge in [-0.05, 0) is 37.1 Å². The number of carbonyl (C=O) groups is 1. The molecule has 0 radical (unpaired) electrons. The molecule has 3 nitrogen and oxygen atoms in total. The number of methoxy groups -OCH3 is 1. The van der Waals surface area contributed by atoms with Crippen LogP contribution in [-0.4, -0.2) is 32.2 Å². The van der Waals surface area contributed by atoms with Crippen LogP contribution in [0.3, 0.4) is 0 Å². The minimum absolute atomic E-state index is 0.341. The molecule has 19 heavy (non-hydrogen) atoms. The molecule has 1 N–H and O–H groups in total. The number of benzene rings is 1. The molecule has 0 aliphatic heterocycles. The number of ketones is 1. The Labute approximate surface area is 109 Å². The van der Waals surface area contributed by atoms with Crippen LogP contribution in [0, 0.1) is 13.8 Å². The lowest BCUT2D eigenvalue weighted by molar-refractivity contribution is -0.124. The summed E-state index contributed by atoms with van der Waals surface area (Å²) in [5, 5.41) is 2.09. The van der Waals surface area contributed by atoms with Crippen LogP contribution in [0.2, 0.25) is 0 Å². The molecule has 0 aliphatic carbocycles. The Bertz CT molecular complexity index is 470. The second-order valence-electron chi connectivity index (χ2n) is 4.28. The van der Waals surface area contributed by atoms with Crippen molar-refractivity contribution >= 4 is 5.78 Å². The maximum absolute atomic E-state index is 12.0. The van der Waals surface area contributed by atoms with Crippen molar-refractivity contribution in [2.75, 3.05) is 20.2 Å². The van der Waals surface area contributed by atoms with E-state index in [2.05, 4.69) is 5.32 Å². The van der Waals surface area contributed by atoms with Gasteiger partial charge in [-0.2, -0.15) is 13.2 Å². The lowest BCUT2D eigenvalue weighted by Gasteiger charge is -2.12. The fourth-order valence-corrected chi connectivity index (χ4v) is 1.72. The molecule has 0 atom stereocenters. The second-order valence-corrected chi connectivity index (χ2v) is 4.28. The molecule has 0 spiro atoms. The van der Waals surface area contributed by atoms with Gasteiger partial charge in [0.25, 0.3) is 0 Å². The maximum Gasteiger partial charge on any atom is 0.401 e. The number of Topliss-reactive ketones (excluding diaryl/α,β-unsaturated/α-hetero) is 1. The van der Waals surface area contributed by atoms with Crippen LogP contribution in [0.1, 0.15) is 21.5 Å². The summed E-state index contributed by atoms with van der Waals surface area (Å²) in [5.74, 6) is 0.282. The van der Waals surface area contributed by atoms with Crippen LogP contribution in [-0.2, 0) is 0 Å². The van der Waals surface area contributed by atoms with Crippen molar-refractivity contribution in [3.8, 4) is 5.75 Å². The Morgan fingerprint density at radius 2 is 1.89 bits per heavy atom. The third-order valence-electron chi connectivity index (χ3n) is 2.65. The van der Waals surface area contributed by atoms with Gasteiger partial charge in [-0.3, -0.25) is 4.79 Å². The van der Waals surface area contributed by atoms with Gasteiger partial charge in [0.2, 0.25) is 0 Å². The number of alkyl halides is 3. The first-order chi connectivity index (χ1) is 8.74. The molecule has 0 aliphatic rings. The van der Waals surface area contributed by atoms with Crippen molar-refractivity contribution in [1.82, 2.24) is 5.32 Å². The number of hydrogen-bond donors (Lipinski definition) is 1. The molecule has 0 saturated heterocycles. The molecule has 0 saturated carbocycles. The largest absolute Gasteiger partial charge is 0.496 e. The van der Waals surface area contributed by atoms with Gasteiger partial charge in [0.1, 0.15) is 5.75 Å². The molecule has 1 aromatic rings. The highest BCUT2D eigenvalue weighted by atomic mass is 19.4. The van der Waals surface area contributed by atoms with E-state index < -0.39 is 12.7 Å². The van der Waals surface area contributed by atoms with Crippen LogP contribution in [0.25, 0.3) is 0 Å². The molecular formula is C13H16F3NO2. The molecule has 0 heterocycles. The number of rotatable bonds is 5. The number of aryl methyl sites for hydroxylation is 2. The van der Waals surface area contributed by atoms with Crippen LogP contribution in [0.15, 0.2) is 12.1 Å². The van der Waals surface area contributed by atoms with Gasteiger partial charge in [-0.1, -0.05) is 0 Å². The van der Waals surface area contributed by atoms with E-state index in [-0.39, 0.29) is 12.3 Å². The number of hydrogen-bond acceptors (Lipinski definition) is 3. The molecule has 0 amide bonds. The lowest BCUT2D eigenvalue weighted by Crippen LogP contribution is -2.33. The van der Waals surface area contributed by atoms with Gasteiger partial charge in [0.15, 0.2) is 5.78 Å². The summed E-state index contributed by atoms with van der Waals surface area (Å²) in [5.41, 5.74) is 1.86. The smallest absolute Gasteiger partial charge is 0.401 e. The molecule has 1 aromatic carbocycles. The lowest BCUT2D eigenvalue weighted by atomic mass is 10.0. The van der Waals surface area contributed by atoms with E-state index in [0.717, 1.165) is 5.56 Å². The fourth-order valence-electron chi connectivity index (χ4n) is 1.72. The standard InChI is InChI=1S/C13H16F3NO2/c1-8-5-12(19-3)9(2)4-10(8)11(18)6-17-7-13(14,15)16/h4-5,17H,6-7H2,1-3H3. The summed E-state index contributed by atoms with van der Waals surface area (Å²) in [4.78, 5) is 11.8. The van der Waals surface area contributed by atoms with Crippen molar-refractivity contribution < 1.29 is 22.7 Å². The van der Waals surface area contributed by atoms with Gasteiger partial charge in [-0.25, -0.2) is 0 Å². The van der Waals surface area contributed by atoms with Crippen molar-refractivity contribution in [2.24, 2.45) is 0 Å². The van der Waals surface area contributed by atoms with Gasteiger partial charge < -0.3 is 10.1 Å². The normalized spacial score (nSPS) is 11.5. The summed E-state index contributed by atoms with van der Waals surface area (Å²) < 4.78 is 41.0. The van der Waals surface area contributed by atoms with E-state index >= 15 is 0 Å². The van der Waals surface area contributed by atoms with E-state index in [1.807, 2.05) is 0 Å². The van der Waals surface area contributed by atoms with Crippen molar-refractivity contribution in [1.29, 1.82) is 0 Å². The van der Waals surface area contributed by atoms with Crippen molar-refractivity contribution in [2.45, 2.75) is 20.0 Å². The summed E-state index contributed by atoms with van der Waals surface area (Å²) in [6, 6.07) is 3.33. The van der Waals surface area contributed by atoms with Crippen LogP contribution >= 0.6 is 0 Å². The second kappa shape index (κ2) is 6.06. The average molecular weight is 275 g/mol. The van der Waals surface area contributed by atoms with E-state index in [0.29, 0.717) is 16.9 Å². The van der Waals surface area contributed by atoms with Crippen molar-refractivity contribution in [3.63, 3.8) is 0 Å². The maximum atomic E-state index is 12.0. The Morgan fingerprint density at radius 1 is 1.26 bits per heavy atom. The van der Waals surface area contributed by atoms with E-state index in [1.165, 1.54) is 7.11 Å². The topological polar surface area (TPSA) is 38.3 Å². The predicted octanol–water partition coefficient (Wildman–Crippen LogP) is 2.65. The number of carbonyl (C=O) groups excluding carboxylic acids is 1. The third-order valence-corrected chi connectivity index (χ3v) is 2.65. The molecule has 0 fully saturated rings. The van der Waals surface area contributed by atoms with E-state index in [9.17, 15) is 18.0 Å². The summed E-state index contributed by atoms with van der Waals surface area (Å²) in [7, 11) is 1.52. The zero-order valence-electron chi connectivity index (χ0n) is 11.0. The first kappa shape index (κ1) is 15.5. The quantitative estimate of drug-likeness (QED) is 0.840.